The summed E-state index contributed by atoms with van der Waals surface area (Å²) >= 11 is 3.40. The van der Waals surface area contributed by atoms with E-state index < -0.39 is 14.0 Å². The molecule has 2 rings (SSSR count). The smallest absolute Gasteiger partial charge is 0.0394 e. The molecule has 0 saturated carbocycles. The lowest BCUT2D eigenvalue weighted by Crippen LogP contribution is -2.16. The summed E-state index contributed by atoms with van der Waals surface area (Å²) in [4.78, 5) is 4.73. The van der Waals surface area contributed by atoms with E-state index in [9.17, 15) is 0 Å². The Balaban J connectivity index is 2.29. The van der Waals surface area contributed by atoms with Gasteiger partial charge in [-0.1, -0.05) is 34.1 Å². The van der Waals surface area contributed by atoms with Crippen LogP contribution in [-0.4, -0.2) is 30.4 Å². The average Bonchev–Trinajstić information content (AvgIpc) is 2.51. The molecule has 0 fully saturated rings. The van der Waals surface area contributed by atoms with Gasteiger partial charge in [-0.3, -0.25) is 4.98 Å². The van der Waals surface area contributed by atoms with Gasteiger partial charge in [0.1, 0.15) is 0 Å². The third-order valence-electron chi connectivity index (χ3n) is 3.00. The second kappa shape index (κ2) is 6.83. The summed E-state index contributed by atoms with van der Waals surface area (Å²) in [6, 6.07) is 11.4. The topological polar surface area (TPSA) is 16.1 Å². The maximum absolute atomic E-state index is 7.51. The second-order valence-electron chi connectivity index (χ2n) is 4.33. The minimum atomic E-state index is -2.68. The summed E-state index contributed by atoms with van der Waals surface area (Å²) in [6.45, 7) is -5.43. The van der Waals surface area contributed by atoms with Crippen molar-refractivity contribution in [1.29, 1.82) is 0 Å². The van der Waals surface area contributed by atoms with Crippen molar-refractivity contribution < 1.29 is 8.22 Å². The molecular weight excluding hydrogens is 300 g/mol. The maximum atomic E-state index is 7.51. The number of pyridine rings is 1. The molecule has 1 aromatic heterocycles. The van der Waals surface area contributed by atoms with Gasteiger partial charge in [0.15, 0.2) is 0 Å². The van der Waals surface area contributed by atoms with Crippen LogP contribution >= 0.6 is 15.9 Å². The van der Waals surface area contributed by atoms with E-state index in [4.69, 9.17) is 8.22 Å². The molecule has 0 radical (unpaired) electrons. The fourth-order valence-electron chi connectivity index (χ4n) is 2.06. The van der Waals surface area contributed by atoms with Crippen molar-refractivity contribution in [3.8, 4) is 0 Å². The Hall–Kier alpha value is -1.19. The van der Waals surface area contributed by atoms with Gasteiger partial charge in [0.25, 0.3) is 0 Å². The molecule has 0 amide bonds. The van der Waals surface area contributed by atoms with Gasteiger partial charge in [-0.05, 0) is 56.2 Å². The molecule has 0 spiro atoms. The van der Waals surface area contributed by atoms with Crippen molar-refractivity contribution in [2.24, 2.45) is 0 Å². The third kappa shape index (κ3) is 4.15. The van der Waals surface area contributed by atoms with E-state index >= 15 is 0 Å². The Kier molecular flexibility index (Phi) is 2.94. The van der Waals surface area contributed by atoms with Crippen LogP contribution in [0.3, 0.4) is 0 Å². The molecule has 0 aliphatic carbocycles. The summed E-state index contributed by atoms with van der Waals surface area (Å²) in [5, 5.41) is 0. The van der Waals surface area contributed by atoms with E-state index in [-0.39, 0.29) is 12.5 Å². The first-order valence-electron chi connectivity index (χ1n) is 9.02. The normalized spacial score (nSPS) is 18.6. The molecule has 19 heavy (non-hydrogen) atoms. The number of aromatic nitrogens is 1. The molecule has 2 aromatic rings. The zero-order chi connectivity index (χ0) is 18.7. The SMILES string of the molecule is [2H]C([2H])([2H])N(CC[C@@H](c1ccc(Br)cc1)c1cccnc1)C([2H])([2H])[2H]. The highest BCUT2D eigenvalue weighted by Gasteiger charge is 2.14. The van der Waals surface area contributed by atoms with Crippen LogP contribution in [0.4, 0.5) is 0 Å². The van der Waals surface area contributed by atoms with E-state index in [1.165, 1.54) is 0 Å². The first-order chi connectivity index (χ1) is 11.6. The zero-order valence-corrected chi connectivity index (χ0v) is 12.0. The lowest BCUT2D eigenvalue weighted by atomic mass is 9.89. The lowest BCUT2D eigenvalue weighted by Gasteiger charge is -2.20. The number of nitrogens with zero attached hydrogens (tertiary/aromatic N) is 2. The molecular formula is C16H19BrN2. The second-order valence-corrected chi connectivity index (χ2v) is 5.25. The van der Waals surface area contributed by atoms with E-state index in [1.54, 1.807) is 12.4 Å². The van der Waals surface area contributed by atoms with Gasteiger partial charge >= 0.3 is 0 Å². The monoisotopic (exact) mass is 324 g/mol. The van der Waals surface area contributed by atoms with Crippen LogP contribution in [0.5, 0.6) is 0 Å². The van der Waals surface area contributed by atoms with Crippen LogP contribution in [0.15, 0.2) is 53.3 Å². The highest BCUT2D eigenvalue weighted by Crippen LogP contribution is 2.28. The van der Waals surface area contributed by atoms with Crippen LogP contribution in [0, 0.1) is 0 Å². The number of hydrogen-bond donors (Lipinski definition) is 0. The van der Waals surface area contributed by atoms with Crippen molar-refractivity contribution >= 4 is 15.9 Å². The van der Waals surface area contributed by atoms with Gasteiger partial charge in [-0.25, -0.2) is 0 Å². The molecule has 3 heteroatoms. The van der Waals surface area contributed by atoms with E-state index in [1.807, 2.05) is 36.4 Å². The average molecular weight is 325 g/mol. The molecule has 1 aromatic carbocycles. The number of halogens is 1. The summed E-state index contributed by atoms with van der Waals surface area (Å²) in [5.74, 6) is -0.144. The molecule has 1 atom stereocenters. The predicted molar refractivity (Wildman–Crippen MR) is 83.4 cm³/mol. The Morgan fingerprint density at radius 1 is 1.21 bits per heavy atom. The quantitative estimate of drug-likeness (QED) is 0.828. The minimum absolute atomic E-state index is 0.0807. The van der Waals surface area contributed by atoms with Crippen molar-refractivity contribution in [1.82, 2.24) is 9.88 Å². The Morgan fingerprint density at radius 3 is 2.63 bits per heavy atom. The lowest BCUT2D eigenvalue weighted by molar-refractivity contribution is 0.390. The minimum Gasteiger partial charge on any atom is -0.309 e. The van der Waals surface area contributed by atoms with Crippen LogP contribution in [-0.2, 0) is 0 Å². The Bertz CT molecular complexity index is 656. The molecule has 0 unspecified atom stereocenters. The first-order valence-corrected chi connectivity index (χ1v) is 6.81. The molecule has 0 saturated heterocycles. The number of hydrogen-bond acceptors (Lipinski definition) is 2. The van der Waals surface area contributed by atoms with Crippen LogP contribution in [0.2, 0.25) is 0 Å². The molecule has 0 aliphatic heterocycles. The van der Waals surface area contributed by atoms with Crippen LogP contribution in [0.1, 0.15) is 31.7 Å². The summed E-state index contributed by atoms with van der Waals surface area (Å²) < 4.78 is 46.0. The molecule has 0 aliphatic rings. The Morgan fingerprint density at radius 2 is 2.00 bits per heavy atom. The standard InChI is InChI=1S/C16H19BrN2/c1-19(2)11-9-16(14-4-3-10-18-12-14)13-5-7-15(17)8-6-13/h3-8,10,12,16H,9,11H2,1-2H3/t16-/m0/s1/i1D3,2D3. The van der Waals surface area contributed by atoms with Crippen molar-refractivity contribution in [2.45, 2.75) is 12.3 Å². The Labute approximate surface area is 132 Å². The molecule has 100 valence electrons. The van der Waals surface area contributed by atoms with Crippen LogP contribution in [0.25, 0.3) is 0 Å². The maximum Gasteiger partial charge on any atom is 0.0394 e. The van der Waals surface area contributed by atoms with Gasteiger partial charge in [0, 0.05) is 31.0 Å². The highest BCUT2D eigenvalue weighted by molar-refractivity contribution is 9.10. The number of benzene rings is 1. The van der Waals surface area contributed by atoms with Gasteiger partial charge in [0.05, 0.1) is 0 Å². The highest BCUT2D eigenvalue weighted by atomic mass is 79.9. The summed E-state index contributed by atoms with van der Waals surface area (Å²) in [7, 11) is 0. The fourth-order valence-corrected chi connectivity index (χ4v) is 2.33. The van der Waals surface area contributed by atoms with E-state index in [0.717, 1.165) is 15.6 Å². The van der Waals surface area contributed by atoms with E-state index in [0.29, 0.717) is 11.3 Å². The molecule has 1 heterocycles. The molecule has 0 bridgehead atoms. The first kappa shape index (κ1) is 8.18. The summed E-state index contributed by atoms with van der Waals surface area (Å²) in [6.07, 6.45) is 3.74. The number of rotatable bonds is 5. The van der Waals surface area contributed by atoms with Crippen molar-refractivity contribution in [2.75, 3.05) is 20.5 Å². The zero-order valence-electron chi connectivity index (χ0n) is 16.4. The third-order valence-corrected chi connectivity index (χ3v) is 3.53. The van der Waals surface area contributed by atoms with Crippen molar-refractivity contribution in [3.05, 3.63) is 64.4 Å². The molecule has 2 nitrogen and oxygen atoms in total. The molecule has 0 N–H and O–H groups in total. The van der Waals surface area contributed by atoms with Gasteiger partial charge in [-0.15, -0.1) is 0 Å². The fraction of sp³-hybridized carbons (Fsp3) is 0.312. The summed E-state index contributed by atoms with van der Waals surface area (Å²) in [5.41, 5.74) is 1.90. The van der Waals surface area contributed by atoms with Crippen LogP contribution < -0.4 is 0 Å². The largest absolute Gasteiger partial charge is 0.309 e. The van der Waals surface area contributed by atoms with Crippen molar-refractivity contribution in [3.63, 3.8) is 0 Å². The van der Waals surface area contributed by atoms with E-state index in [2.05, 4.69) is 20.9 Å². The van der Waals surface area contributed by atoms with Gasteiger partial charge < -0.3 is 4.90 Å². The van der Waals surface area contributed by atoms with Gasteiger partial charge in [0.2, 0.25) is 0 Å². The predicted octanol–water partition coefficient (Wildman–Crippen LogP) is 3.93. The van der Waals surface area contributed by atoms with Gasteiger partial charge in [-0.2, -0.15) is 0 Å².